The fourth-order valence-electron chi connectivity index (χ4n) is 5.37. The Morgan fingerprint density at radius 1 is 1.03 bits per heavy atom. The lowest BCUT2D eigenvalue weighted by molar-refractivity contribution is -0.118. The summed E-state index contributed by atoms with van der Waals surface area (Å²) < 4.78 is 5.37. The minimum Gasteiger partial charge on any atom is -0.495 e. The second-order valence-electron chi connectivity index (χ2n) is 9.44. The van der Waals surface area contributed by atoms with Crippen molar-refractivity contribution in [1.29, 1.82) is 0 Å². The van der Waals surface area contributed by atoms with Crippen molar-refractivity contribution >= 4 is 22.9 Å². The van der Waals surface area contributed by atoms with E-state index in [2.05, 4.69) is 27.2 Å². The van der Waals surface area contributed by atoms with Gasteiger partial charge in [0.1, 0.15) is 5.75 Å². The number of nitrogens with one attached hydrogen (secondary N) is 1. The lowest BCUT2D eigenvalue weighted by Crippen LogP contribution is -2.35. The van der Waals surface area contributed by atoms with Crippen molar-refractivity contribution in [3.05, 3.63) is 46.2 Å². The van der Waals surface area contributed by atoms with Crippen LogP contribution in [0.2, 0.25) is 0 Å². The lowest BCUT2D eigenvalue weighted by Gasteiger charge is -2.32. The standard InChI is InChI=1S/C25H33N3O2S/c1-30-23-7-3-2-6-22(23)26-24(29)21-16-25(21)10-14-28(15-11-25)18-20-9-8-19(31-20)17-27-12-4-5-13-27/h2-3,6-9,21H,4-5,10-18H2,1H3,(H,26,29). The summed E-state index contributed by atoms with van der Waals surface area (Å²) in [7, 11) is 1.64. The Morgan fingerprint density at radius 2 is 1.68 bits per heavy atom. The molecule has 1 aromatic carbocycles. The number of nitrogens with zero attached hydrogens (tertiary/aromatic N) is 2. The number of carbonyl (C=O) groups excluding carboxylic acids is 1. The second-order valence-corrected chi connectivity index (χ2v) is 10.7. The van der Waals surface area contributed by atoms with Gasteiger partial charge >= 0.3 is 0 Å². The molecule has 1 aliphatic carbocycles. The van der Waals surface area contributed by atoms with E-state index in [9.17, 15) is 4.79 Å². The number of benzene rings is 1. The summed E-state index contributed by atoms with van der Waals surface area (Å²) in [6.45, 7) is 6.88. The topological polar surface area (TPSA) is 44.8 Å². The fourth-order valence-corrected chi connectivity index (χ4v) is 6.47. The highest BCUT2D eigenvalue weighted by atomic mass is 32.1. The summed E-state index contributed by atoms with van der Waals surface area (Å²) in [5, 5.41) is 3.10. The van der Waals surface area contributed by atoms with E-state index in [0.717, 1.165) is 56.9 Å². The Morgan fingerprint density at radius 3 is 2.35 bits per heavy atom. The molecule has 6 heteroatoms. The Hall–Kier alpha value is -1.89. The molecule has 2 aliphatic heterocycles. The zero-order valence-electron chi connectivity index (χ0n) is 18.4. The van der Waals surface area contributed by atoms with E-state index in [1.54, 1.807) is 7.11 Å². The normalized spacial score (nSPS) is 23.2. The molecule has 166 valence electrons. The number of likely N-dealkylation sites (tertiary alicyclic amines) is 2. The molecule has 1 saturated carbocycles. The van der Waals surface area contributed by atoms with E-state index < -0.39 is 0 Å². The van der Waals surface area contributed by atoms with E-state index in [-0.39, 0.29) is 17.2 Å². The van der Waals surface area contributed by atoms with Crippen molar-refractivity contribution in [2.45, 2.75) is 45.2 Å². The molecule has 0 radical (unpaired) electrons. The average Bonchev–Trinajstić information content (AvgIpc) is 3.10. The van der Waals surface area contributed by atoms with E-state index in [0.29, 0.717) is 0 Å². The first-order valence-corrected chi connectivity index (χ1v) is 12.4. The maximum Gasteiger partial charge on any atom is 0.228 e. The third-order valence-corrected chi connectivity index (χ3v) is 8.45. The van der Waals surface area contributed by atoms with Gasteiger partial charge in [-0.25, -0.2) is 0 Å². The molecule has 0 bridgehead atoms. The molecular weight excluding hydrogens is 406 g/mol. The zero-order valence-corrected chi connectivity index (χ0v) is 19.3. The third-order valence-electron chi connectivity index (χ3n) is 7.40. The zero-order chi connectivity index (χ0) is 21.3. The van der Waals surface area contributed by atoms with Gasteiger partial charge in [0, 0.05) is 28.8 Å². The van der Waals surface area contributed by atoms with Crippen molar-refractivity contribution in [2.75, 3.05) is 38.6 Å². The van der Waals surface area contributed by atoms with Crippen LogP contribution in [-0.2, 0) is 17.9 Å². The number of ether oxygens (including phenoxy) is 1. The number of para-hydroxylation sites is 2. The summed E-state index contributed by atoms with van der Waals surface area (Å²) in [6.07, 6.45) is 5.99. The lowest BCUT2D eigenvalue weighted by atomic mass is 9.90. The van der Waals surface area contributed by atoms with Gasteiger partial charge < -0.3 is 10.1 Å². The molecule has 5 nitrogen and oxygen atoms in total. The molecule has 1 N–H and O–H groups in total. The Balaban J connectivity index is 1.10. The molecule has 31 heavy (non-hydrogen) atoms. The van der Waals surface area contributed by atoms with Crippen molar-refractivity contribution in [3.8, 4) is 5.75 Å². The summed E-state index contributed by atoms with van der Waals surface area (Å²) in [6, 6.07) is 12.3. The largest absolute Gasteiger partial charge is 0.495 e. The van der Waals surface area contributed by atoms with Crippen LogP contribution in [0, 0.1) is 11.3 Å². The minimum absolute atomic E-state index is 0.147. The number of amides is 1. The summed E-state index contributed by atoms with van der Waals surface area (Å²) >= 11 is 1.98. The SMILES string of the molecule is COc1ccccc1NC(=O)C1CC12CCN(Cc1ccc(CN3CCCC3)s1)CC2. The monoisotopic (exact) mass is 439 g/mol. The molecule has 3 aliphatic rings. The number of methoxy groups -OCH3 is 1. The van der Waals surface area contributed by atoms with Gasteiger partial charge in [0.2, 0.25) is 5.91 Å². The number of hydrogen-bond donors (Lipinski definition) is 1. The third kappa shape index (κ3) is 4.66. The smallest absolute Gasteiger partial charge is 0.228 e. The van der Waals surface area contributed by atoms with E-state index in [4.69, 9.17) is 4.74 Å². The molecule has 1 aromatic heterocycles. The van der Waals surface area contributed by atoms with Gasteiger partial charge in [-0.2, -0.15) is 0 Å². The van der Waals surface area contributed by atoms with Gasteiger partial charge in [0.25, 0.3) is 0 Å². The molecule has 2 saturated heterocycles. The van der Waals surface area contributed by atoms with Gasteiger partial charge in [-0.3, -0.25) is 14.6 Å². The van der Waals surface area contributed by atoms with Crippen LogP contribution >= 0.6 is 11.3 Å². The Kier molecular flexibility index (Phi) is 6.04. The molecular formula is C25H33N3O2S. The predicted octanol–water partition coefficient (Wildman–Crippen LogP) is 4.59. The maximum absolute atomic E-state index is 12.9. The van der Waals surface area contributed by atoms with Crippen LogP contribution in [0.25, 0.3) is 0 Å². The van der Waals surface area contributed by atoms with Crippen LogP contribution < -0.4 is 10.1 Å². The van der Waals surface area contributed by atoms with Crippen LogP contribution in [0.5, 0.6) is 5.75 Å². The number of carbonyl (C=O) groups is 1. The van der Waals surface area contributed by atoms with Crippen LogP contribution in [0.1, 0.15) is 41.9 Å². The van der Waals surface area contributed by atoms with Crippen LogP contribution in [0.15, 0.2) is 36.4 Å². The van der Waals surface area contributed by atoms with E-state index >= 15 is 0 Å². The Labute approximate surface area is 189 Å². The van der Waals surface area contributed by atoms with Gasteiger partial charge in [0.15, 0.2) is 0 Å². The first-order valence-electron chi connectivity index (χ1n) is 11.6. The first-order chi connectivity index (χ1) is 15.1. The van der Waals surface area contributed by atoms with Crippen LogP contribution in [-0.4, -0.2) is 49.0 Å². The van der Waals surface area contributed by atoms with Crippen molar-refractivity contribution in [3.63, 3.8) is 0 Å². The first kappa shape index (κ1) is 21.0. The summed E-state index contributed by atoms with van der Waals surface area (Å²) in [4.78, 5) is 21.0. The van der Waals surface area contributed by atoms with Gasteiger partial charge in [-0.15, -0.1) is 11.3 Å². The molecule has 2 aromatic rings. The highest BCUT2D eigenvalue weighted by molar-refractivity contribution is 7.11. The maximum atomic E-state index is 12.9. The van der Waals surface area contributed by atoms with Crippen molar-refractivity contribution < 1.29 is 9.53 Å². The Bertz CT molecular complexity index is 913. The number of hydrogen-bond acceptors (Lipinski definition) is 5. The molecule has 3 heterocycles. The van der Waals surface area contributed by atoms with Crippen molar-refractivity contribution in [2.24, 2.45) is 11.3 Å². The molecule has 5 rings (SSSR count). The number of anilines is 1. The summed E-state index contributed by atoms with van der Waals surface area (Å²) in [5.74, 6) is 1.02. The average molecular weight is 440 g/mol. The number of piperidine rings is 1. The second kappa shape index (κ2) is 8.93. The highest BCUT2D eigenvalue weighted by Gasteiger charge is 2.58. The highest BCUT2D eigenvalue weighted by Crippen LogP contribution is 2.59. The fraction of sp³-hybridized carbons (Fsp3) is 0.560. The summed E-state index contributed by atoms with van der Waals surface area (Å²) in [5.41, 5.74) is 0.996. The van der Waals surface area contributed by atoms with Crippen LogP contribution in [0.3, 0.4) is 0 Å². The van der Waals surface area contributed by atoms with Crippen LogP contribution in [0.4, 0.5) is 5.69 Å². The molecule has 1 spiro atoms. The van der Waals surface area contributed by atoms with E-state index in [1.165, 1.54) is 35.7 Å². The quantitative estimate of drug-likeness (QED) is 0.685. The number of rotatable bonds is 7. The molecule has 1 unspecified atom stereocenters. The van der Waals surface area contributed by atoms with Crippen molar-refractivity contribution in [1.82, 2.24) is 9.80 Å². The van der Waals surface area contributed by atoms with Gasteiger partial charge in [0.05, 0.1) is 12.8 Å². The van der Waals surface area contributed by atoms with Gasteiger partial charge in [-0.1, -0.05) is 12.1 Å². The predicted molar refractivity (Wildman–Crippen MR) is 126 cm³/mol. The molecule has 3 fully saturated rings. The molecule has 1 atom stereocenters. The number of thiophene rings is 1. The minimum atomic E-state index is 0.147. The molecule has 1 amide bonds. The van der Waals surface area contributed by atoms with Gasteiger partial charge in [-0.05, 0) is 88.0 Å². The van der Waals surface area contributed by atoms with E-state index in [1.807, 2.05) is 35.6 Å².